The van der Waals surface area contributed by atoms with Crippen molar-refractivity contribution < 1.29 is 32.3 Å². The third-order valence-electron chi connectivity index (χ3n) is 3.33. The maximum atomic E-state index is 13.2. The lowest BCUT2D eigenvalue weighted by Gasteiger charge is -2.06. The number of aromatic amines is 1. The van der Waals surface area contributed by atoms with Gasteiger partial charge in [-0.15, -0.1) is 0 Å². The number of halogens is 3. The largest absolute Gasteiger partial charge is 0.476 e. The molecule has 3 aromatic rings. The monoisotopic (exact) mass is 323 g/mol. The van der Waals surface area contributed by atoms with Crippen molar-refractivity contribution in [1.29, 1.82) is 0 Å². The van der Waals surface area contributed by atoms with E-state index < -0.39 is 29.3 Å². The highest BCUT2D eigenvalue weighted by molar-refractivity contribution is 6.12. The topological polar surface area (TPSA) is 83.3 Å². The number of alkyl halides is 2. The van der Waals surface area contributed by atoms with Crippen molar-refractivity contribution in [3.05, 3.63) is 48.3 Å². The van der Waals surface area contributed by atoms with Crippen LogP contribution in [0, 0.1) is 5.82 Å². The highest BCUT2D eigenvalue weighted by Crippen LogP contribution is 2.32. The summed E-state index contributed by atoms with van der Waals surface area (Å²) >= 11 is 0. The Balaban J connectivity index is 2.01. The molecule has 0 spiro atoms. The van der Waals surface area contributed by atoms with Crippen molar-refractivity contribution in [2.75, 3.05) is 0 Å². The molecule has 23 heavy (non-hydrogen) atoms. The summed E-state index contributed by atoms with van der Waals surface area (Å²) in [6.45, 7) is 0. The predicted octanol–water partition coefficient (Wildman–Crippen LogP) is 3.47. The SMILES string of the molecule is O=C(O)C(F)(F)C(=O)c1cc(-c2c[nH]c3cc(F)ccc23)co1. The molecule has 2 aromatic heterocycles. The Morgan fingerprint density at radius 1 is 1.22 bits per heavy atom. The molecule has 0 aliphatic carbocycles. The summed E-state index contributed by atoms with van der Waals surface area (Å²) < 4.78 is 44.4. The van der Waals surface area contributed by atoms with Gasteiger partial charge in [0.15, 0.2) is 5.76 Å². The number of carbonyl (C=O) groups is 2. The van der Waals surface area contributed by atoms with Crippen molar-refractivity contribution >= 4 is 22.7 Å². The Morgan fingerprint density at radius 2 is 1.96 bits per heavy atom. The second-order valence-electron chi connectivity index (χ2n) is 4.80. The van der Waals surface area contributed by atoms with Crippen LogP contribution in [-0.2, 0) is 4.79 Å². The Bertz CT molecular complexity index is 926. The molecule has 0 atom stereocenters. The van der Waals surface area contributed by atoms with Crippen LogP contribution in [0.2, 0.25) is 0 Å². The molecule has 0 aliphatic rings. The third kappa shape index (κ3) is 2.37. The number of hydrogen-bond acceptors (Lipinski definition) is 3. The predicted molar refractivity (Wildman–Crippen MR) is 72.9 cm³/mol. The van der Waals surface area contributed by atoms with Crippen LogP contribution in [0.1, 0.15) is 10.6 Å². The summed E-state index contributed by atoms with van der Waals surface area (Å²) in [5, 5.41) is 8.97. The number of fused-ring (bicyclic) bond motifs is 1. The van der Waals surface area contributed by atoms with E-state index in [2.05, 4.69) is 4.98 Å². The number of carboxylic acids is 1. The van der Waals surface area contributed by atoms with Crippen LogP contribution < -0.4 is 0 Å². The molecule has 1 aromatic carbocycles. The Kier molecular flexibility index (Phi) is 3.24. The van der Waals surface area contributed by atoms with Crippen molar-refractivity contribution in [2.24, 2.45) is 0 Å². The van der Waals surface area contributed by atoms with Gasteiger partial charge in [-0.2, -0.15) is 8.78 Å². The lowest BCUT2D eigenvalue weighted by molar-refractivity contribution is -0.157. The van der Waals surface area contributed by atoms with Gasteiger partial charge >= 0.3 is 11.9 Å². The molecule has 2 heterocycles. The van der Waals surface area contributed by atoms with Crippen LogP contribution in [0.5, 0.6) is 0 Å². The van der Waals surface area contributed by atoms with E-state index >= 15 is 0 Å². The standard InChI is InChI=1S/C15H8F3NO4/c16-8-1-2-9-10(5-19-11(9)4-8)7-3-12(23-6-7)13(20)15(17,18)14(21)22/h1-6,19H,(H,21,22). The first kappa shape index (κ1) is 14.9. The van der Waals surface area contributed by atoms with Crippen molar-refractivity contribution in [1.82, 2.24) is 4.98 Å². The van der Waals surface area contributed by atoms with E-state index in [1.165, 1.54) is 24.4 Å². The zero-order valence-corrected chi connectivity index (χ0v) is 11.3. The fraction of sp³-hybridized carbons (Fsp3) is 0.0667. The first-order valence-electron chi connectivity index (χ1n) is 6.32. The molecule has 2 N–H and O–H groups in total. The van der Waals surface area contributed by atoms with Crippen LogP contribution in [0.15, 0.2) is 41.1 Å². The minimum Gasteiger partial charge on any atom is -0.476 e. The lowest BCUT2D eigenvalue weighted by Crippen LogP contribution is -2.37. The van der Waals surface area contributed by atoms with Gasteiger partial charge in [-0.3, -0.25) is 4.79 Å². The van der Waals surface area contributed by atoms with E-state index in [1.807, 2.05) is 0 Å². The van der Waals surface area contributed by atoms with Crippen LogP contribution in [-0.4, -0.2) is 27.8 Å². The number of hydrogen-bond donors (Lipinski definition) is 2. The fourth-order valence-electron chi connectivity index (χ4n) is 2.19. The molecule has 0 amide bonds. The number of Topliss-reactive ketones (excluding diaryl/α,β-unsaturated/α-hetero) is 1. The van der Waals surface area contributed by atoms with Gasteiger partial charge < -0.3 is 14.5 Å². The molecule has 5 nitrogen and oxygen atoms in total. The second-order valence-corrected chi connectivity index (χ2v) is 4.80. The number of aliphatic carboxylic acids is 1. The van der Waals surface area contributed by atoms with Gasteiger partial charge in [0.2, 0.25) is 0 Å². The number of carboxylic acid groups (broad SMARTS) is 1. The van der Waals surface area contributed by atoms with Crippen molar-refractivity contribution in [3.63, 3.8) is 0 Å². The van der Waals surface area contributed by atoms with E-state index in [1.54, 1.807) is 0 Å². The molecule has 0 saturated carbocycles. The number of carbonyl (C=O) groups excluding carboxylic acids is 1. The summed E-state index contributed by atoms with van der Waals surface area (Å²) in [5.41, 5.74) is 1.26. The van der Waals surface area contributed by atoms with Gasteiger partial charge in [0.25, 0.3) is 5.78 Å². The Morgan fingerprint density at radius 3 is 2.65 bits per heavy atom. The van der Waals surface area contributed by atoms with Gasteiger partial charge in [0.1, 0.15) is 5.82 Å². The van der Waals surface area contributed by atoms with E-state index in [-0.39, 0.29) is 5.56 Å². The molecular formula is C15H8F3NO4. The summed E-state index contributed by atoms with van der Waals surface area (Å²) in [7, 11) is 0. The Hall–Kier alpha value is -3.03. The summed E-state index contributed by atoms with van der Waals surface area (Å²) in [6.07, 6.45) is 2.55. The Labute approximate surface area is 126 Å². The molecule has 0 bridgehead atoms. The number of H-pyrrole nitrogens is 1. The highest BCUT2D eigenvalue weighted by Gasteiger charge is 2.49. The van der Waals surface area contributed by atoms with Crippen LogP contribution in [0.3, 0.4) is 0 Å². The maximum absolute atomic E-state index is 13.2. The highest BCUT2D eigenvalue weighted by atomic mass is 19.3. The quantitative estimate of drug-likeness (QED) is 0.569. The first-order valence-corrected chi connectivity index (χ1v) is 6.32. The van der Waals surface area contributed by atoms with Gasteiger partial charge in [0.05, 0.1) is 6.26 Å². The number of nitrogens with one attached hydrogen (secondary N) is 1. The third-order valence-corrected chi connectivity index (χ3v) is 3.33. The molecule has 0 unspecified atom stereocenters. The van der Waals surface area contributed by atoms with E-state index in [4.69, 9.17) is 9.52 Å². The molecule has 0 radical (unpaired) electrons. The number of rotatable bonds is 4. The van der Waals surface area contributed by atoms with E-state index in [0.29, 0.717) is 16.5 Å². The van der Waals surface area contributed by atoms with Crippen molar-refractivity contribution in [3.8, 4) is 11.1 Å². The molecule has 3 rings (SSSR count). The smallest absolute Gasteiger partial charge is 0.407 e. The molecule has 0 fully saturated rings. The van der Waals surface area contributed by atoms with Crippen LogP contribution >= 0.6 is 0 Å². The first-order chi connectivity index (χ1) is 10.8. The van der Waals surface area contributed by atoms with Gasteiger partial charge in [-0.05, 0) is 24.3 Å². The average molecular weight is 323 g/mol. The maximum Gasteiger partial charge on any atom is 0.407 e. The van der Waals surface area contributed by atoms with Gasteiger partial charge in [0, 0.05) is 28.2 Å². The second kappa shape index (κ2) is 5.01. The fourth-order valence-corrected chi connectivity index (χ4v) is 2.19. The summed E-state index contributed by atoms with van der Waals surface area (Å²) in [5.74, 6) is -10.3. The zero-order valence-electron chi connectivity index (χ0n) is 11.3. The molecule has 118 valence electrons. The molecule has 0 aliphatic heterocycles. The van der Waals surface area contributed by atoms with E-state index in [9.17, 15) is 22.8 Å². The summed E-state index contributed by atoms with van der Waals surface area (Å²) in [6, 6.07) is 4.98. The zero-order chi connectivity index (χ0) is 16.8. The van der Waals surface area contributed by atoms with Crippen LogP contribution in [0.4, 0.5) is 13.2 Å². The molecule has 8 heteroatoms. The number of aromatic nitrogens is 1. The van der Waals surface area contributed by atoms with Gasteiger partial charge in [-0.25, -0.2) is 9.18 Å². The minimum absolute atomic E-state index is 0.285. The van der Waals surface area contributed by atoms with Crippen molar-refractivity contribution in [2.45, 2.75) is 5.92 Å². The average Bonchev–Trinajstić information content (AvgIpc) is 3.11. The van der Waals surface area contributed by atoms with Gasteiger partial charge in [-0.1, -0.05) is 0 Å². The summed E-state index contributed by atoms with van der Waals surface area (Å²) in [4.78, 5) is 24.7. The van der Waals surface area contributed by atoms with Crippen LogP contribution in [0.25, 0.3) is 22.0 Å². The number of benzene rings is 1. The lowest BCUT2D eigenvalue weighted by atomic mass is 10.1. The molecular weight excluding hydrogens is 315 g/mol. The number of ketones is 1. The minimum atomic E-state index is -4.57. The normalized spacial score (nSPS) is 11.8. The molecule has 0 saturated heterocycles. The van der Waals surface area contributed by atoms with E-state index in [0.717, 1.165) is 12.3 Å². The number of furan rings is 1.